The fourth-order valence-electron chi connectivity index (χ4n) is 2.54. The van der Waals surface area contributed by atoms with Crippen molar-refractivity contribution >= 4 is 5.91 Å². The molecule has 0 heterocycles. The van der Waals surface area contributed by atoms with E-state index in [2.05, 4.69) is 12.2 Å². The zero-order valence-electron chi connectivity index (χ0n) is 10.7. The van der Waals surface area contributed by atoms with Crippen LogP contribution in [0.1, 0.15) is 52.4 Å². The summed E-state index contributed by atoms with van der Waals surface area (Å²) in [6.45, 7) is 5.06. The Balaban J connectivity index is 2.12. The molecule has 3 atom stereocenters. The largest absolute Gasteiger partial charge is 0.355 e. The van der Waals surface area contributed by atoms with Gasteiger partial charge in [-0.15, -0.1) is 0 Å². The van der Waals surface area contributed by atoms with Gasteiger partial charge in [-0.1, -0.05) is 33.1 Å². The molecule has 0 spiro atoms. The standard InChI is InChI=1S/C13H26N2O/c1-3-12(14)13(16)15-8-7-11-6-4-5-10(2)9-11/h10-12H,3-9,14H2,1-2H3,(H,15,16)/t10?,11?,12-/m1/s1. The second kappa shape index (κ2) is 6.89. The summed E-state index contributed by atoms with van der Waals surface area (Å²) in [5.41, 5.74) is 5.65. The second-order valence-corrected chi connectivity index (χ2v) is 5.23. The maximum Gasteiger partial charge on any atom is 0.236 e. The number of rotatable bonds is 5. The molecule has 0 aromatic carbocycles. The highest BCUT2D eigenvalue weighted by molar-refractivity contribution is 5.81. The van der Waals surface area contributed by atoms with E-state index in [4.69, 9.17) is 5.73 Å². The molecular formula is C13H26N2O. The lowest BCUT2D eigenvalue weighted by Gasteiger charge is -2.26. The Bertz CT molecular complexity index is 218. The Morgan fingerprint density at radius 3 is 2.88 bits per heavy atom. The van der Waals surface area contributed by atoms with Crippen LogP contribution in [0.3, 0.4) is 0 Å². The molecule has 0 aromatic heterocycles. The van der Waals surface area contributed by atoms with Crippen molar-refractivity contribution in [2.75, 3.05) is 6.54 Å². The fraction of sp³-hybridized carbons (Fsp3) is 0.923. The van der Waals surface area contributed by atoms with Crippen molar-refractivity contribution in [2.24, 2.45) is 17.6 Å². The van der Waals surface area contributed by atoms with Gasteiger partial charge in [-0.05, 0) is 31.1 Å². The average molecular weight is 226 g/mol. The van der Waals surface area contributed by atoms with Crippen LogP contribution >= 0.6 is 0 Å². The molecule has 3 nitrogen and oxygen atoms in total. The summed E-state index contributed by atoms with van der Waals surface area (Å²) in [6.07, 6.45) is 7.23. The van der Waals surface area contributed by atoms with Crippen LogP contribution in [-0.2, 0) is 4.79 Å². The van der Waals surface area contributed by atoms with Gasteiger partial charge in [0.05, 0.1) is 6.04 Å². The van der Waals surface area contributed by atoms with Crippen molar-refractivity contribution in [1.29, 1.82) is 0 Å². The highest BCUT2D eigenvalue weighted by Gasteiger charge is 2.19. The number of nitrogens with two attached hydrogens (primary N) is 1. The molecule has 1 aliphatic rings. The van der Waals surface area contributed by atoms with Gasteiger partial charge in [0.15, 0.2) is 0 Å². The first-order valence-corrected chi connectivity index (χ1v) is 6.66. The van der Waals surface area contributed by atoms with Gasteiger partial charge in [-0.25, -0.2) is 0 Å². The van der Waals surface area contributed by atoms with Crippen LogP contribution in [0.2, 0.25) is 0 Å². The van der Waals surface area contributed by atoms with E-state index < -0.39 is 0 Å². The van der Waals surface area contributed by atoms with Crippen LogP contribution < -0.4 is 11.1 Å². The number of hydrogen-bond acceptors (Lipinski definition) is 2. The van der Waals surface area contributed by atoms with Gasteiger partial charge in [0.25, 0.3) is 0 Å². The molecule has 16 heavy (non-hydrogen) atoms. The highest BCUT2D eigenvalue weighted by Crippen LogP contribution is 2.30. The molecule has 3 heteroatoms. The van der Waals surface area contributed by atoms with Crippen LogP contribution in [0, 0.1) is 11.8 Å². The third-order valence-electron chi connectivity index (χ3n) is 3.67. The predicted octanol–water partition coefficient (Wildman–Crippen LogP) is 2.06. The Kier molecular flexibility index (Phi) is 5.81. The maximum atomic E-state index is 11.4. The van der Waals surface area contributed by atoms with Crippen molar-refractivity contribution in [1.82, 2.24) is 5.32 Å². The highest BCUT2D eigenvalue weighted by atomic mass is 16.2. The number of hydrogen-bond donors (Lipinski definition) is 2. The van der Waals surface area contributed by atoms with Gasteiger partial charge in [-0.3, -0.25) is 4.79 Å². The first kappa shape index (κ1) is 13.5. The van der Waals surface area contributed by atoms with Crippen LogP contribution in [0.25, 0.3) is 0 Å². The minimum atomic E-state index is -0.328. The molecule has 94 valence electrons. The molecule has 1 amide bonds. The molecule has 1 fully saturated rings. The molecule has 1 aliphatic carbocycles. The third-order valence-corrected chi connectivity index (χ3v) is 3.67. The minimum absolute atomic E-state index is 0.00589. The SMILES string of the molecule is CC[C@@H](N)C(=O)NCCC1CCCC(C)C1. The number of nitrogens with one attached hydrogen (secondary N) is 1. The predicted molar refractivity (Wildman–Crippen MR) is 67.0 cm³/mol. The van der Waals surface area contributed by atoms with Gasteiger partial charge >= 0.3 is 0 Å². The van der Waals surface area contributed by atoms with Crippen molar-refractivity contribution in [2.45, 2.75) is 58.4 Å². The van der Waals surface area contributed by atoms with Gasteiger partial charge < -0.3 is 11.1 Å². The van der Waals surface area contributed by atoms with E-state index in [0.717, 1.165) is 24.8 Å². The van der Waals surface area contributed by atoms with Gasteiger partial charge in [0.1, 0.15) is 0 Å². The molecule has 1 rings (SSSR count). The Morgan fingerprint density at radius 1 is 1.50 bits per heavy atom. The monoisotopic (exact) mass is 226 g/mol. The molecule has 0 saturated heterocycles. The summed E-state index contributed by atoms with van der Waals surface area (Å²) in [4.78, 5) is 11.4. The normalized spacial score (nSPS) is 27.4. The molecular weight excluding hydrogens is 200 g/mol. The molecule has 0 aromatic rings. The Hall–Kier alpha value is -0.570. The van der Waals surface area contributed by atoms with E-state index >= 15 is 0 Å². The van der Waals surface area contributed by atoms with Crippen LogP contribution in [0.15, 0.2) is 0 Å². The lowest BCUT2D eigenvalue weighted by molar-refractivity contribution is -0.122. The molecule has 1 saturated carbocycles. The van der Waals surface area contributed by atoms with E-state index in [1.54, 1.807) is 0 Å². The van der Waals surface area contributed by atoms with Crippen LogP contribution in [0.4, 0.5) is 0 Å². The molecule has 0 bridgehead atoms. The molecule has 2 unspecified atom stereocenters. The molecule has 3 N–H and O–H groups in total. The van der Waals surface area contributed by atoms with Crippen molar-refractivity contribution in [3.63, 3.8) is 0 Å². The van der Waals surface area contributed by atoms with Crippen LogP contribution in [0.5, 0.6) is 0 Å². The Labute approximate surface area is 99.2 Å². The van der Waals surface area contributed by atoms with Crippen molar-refractivity contribution in [3.8, 4) is 0 Å². The molecule has 0 radical (unpaired) electrons. The van der Waals surface area contributed by atoms with Gasteiger partial charge in [0.2, 0.25) is 5.91 Å². The average Bonchev–Trinajstić information content (AvgIpc) is 2.28. The van der Waals surface area contributed by atoms with Crippen molar-refractivity contribution < 1.29 is 4.79 Å². The zero-order chi connectivity index (χ0) is 12.0. The summed E-state index contributed by atoms with van der Waals surface area (Å²) < 4.78 is 0. The number of amides is 1. The van der Waals surface area contributed by atoms with E-state index in [1.165, 1.54) is 25.7 Å². The summed E-state index contributed by atoms with van der Waals surface area (Å²) in [5, 5.41) is 2.93. The minimum Gasteiger partial charge on any atom is -0.355 e. The lowest BCUT2D eigenvalue weighted by Crippen LogP contribution is -2.40. The topological polar surface area (TPSA) is 55.1 Å². The fourth-order valence-corrected chi connectivity index (χ4v) is 2.54. The lowest BCUT2D eigenvalue weighted by atomic mass is 9.81. The summed E-state index contributed by atoms with van der Waals surface area (Å²) in [5.74, 6) is 1.68. The summed E-state index contributed by atoms with van der Waals surface area (Å²) in [6, 6.07) is -0.328. The molecule has 0 aliphatic heterocycles. The van der Waals surface area contributed by atoms with E-state index in [9.17, 15) is 4.79 Å². The third kappa shape index (κ3) is 4.52. The van der Waals surface area contributed by atoms with E-state index in [0.29, 0.717) is 6.42 Å². The first-order chi connectivity index (χ1) is 7.63. The Morgan fingerprint density at radius 2 is 2.25 bits per heavy atom. The number of carbonyl (C=O) groups excluding carboxylic acids is 1. The number of carbonyl (C=O) groups is 1. The smallest absolute Gasteiger partial charge is 0.236 e. The van der Waals surface area contributed by atoms with E-state index in [-0.39, 0.29) is 11.9 Å². The quantitative estimate of drug-likeness (QED) is 0.754. The maximum absolute atomic E-state index is 11.4. The first-order valence-electron chi connectivity index (χ1n) is 6.66. The summed E-state index contributed by atoms with van der Waals surface area (Å²) >= 11 is 0. The van der Waals surface area contributed by atoms with Crippen molar-refractivity contribution in [3.05, 3.63) is 0 Å². The van der Waals surface area contributed by atoms with Crippen LogP contribution in [-0.4, -0.2) is 18.5 Å². The van der Waals surface area contributed by atoms with Gasteiger partial charge in [0, 0.05) is 6.54 Å². The second-order valence-electron chi connectivity index (χ2n) is 5.23. The van der Waals surface area contributed by atoms with Gasteiger partial charge in [-0.2, -0.15) is 0 Å². The summed E-state index contributed by atoms with van der Waals surface area (Å²) in [7, 11) is 0. The van der Waals surface area contributed by atoms with E-state index in [1.807, 2.05) is 6.92 Å². The zero-order valence-corrected chi connectivity index (χ0v) is 10.7.